The summed E-state index contributed by atoms with van der Waals surface area (Å²) in [6.45, 7) is 1.78. The van der Waals surface area contributed by atoms with E-state index in [1.54, 1.807) is 0 Å². The van der Waals surface area contributed by atoms with E-state index in [0.717, 1.165) is 28.4 Å². The van der Waals surface area contributed by atoms with Gasteiger partial charge in [0.05, 0.1) is 6.61 Å². The van der Waals surface area contributed by atoms with Gasteiger partial charge in [-0.25, -0.2) is 0 Å². The van der Waals surface area contributed by atoms with Gasteiger partial charge in [-0.3, -0.25) is 0 Å². The molecule has 2 aromatic carbocycles. The van der Waals surface area contributed by atoms with Gasteiger partial charge in [-0.15, -0.1) is 0 Å². The molecule has 0 bridgehead atoms. The van der Waals surface area contributed by atoms with E-state index >= 15 is 0 Å². The molecule has 0 spiro atoms. The van der Waals surface area contributed by atoms with E-state index in [4.69, 9.17) is 21.4 Å². The Labute approximate surface area is 124 Å². The first-order chi connectivity index (χ1) is 9.79. The minimum absolute atomic E-state index is 0.0181. The number of benzene rings is 2. The maximum atomic E-state index is 8.82. The van der Waals surface area contributed by atoms with Crippen LogP contribution in [0.1, 0.15) is 11.1 Å². The lowest BCUT2D eigenvalue weighted by atomic mass is 10.2. The molecule has 3 nitrogen and oxygen atoms in total. The maximum absolute atomic E-state index is 8.82. The summed E-state index contributed by atoms with van der Waals surface area (Å²) in [6.07, 6.45) is 0. The summed E-state index contributed by atoms with van der Waals surface area (Å²) in [5.41, 5.74) is 2.22. The van der Waals surface area contributed by atoms with Crippen LogP contribution in [0.2, 0.25) is 5.02 Å². The SMILES string of the molecule is OCCOc1ccccc1CNCc1cccc(Cl)c1. The second-order valence-corrected chi connectivity index (χ2v) is 4.85. The first kappa shape index (κ1) is 14.9. The van der Waals surface area contributed by atoms with Crippen molar-refractivity contribution in [3.63, 3.8) is 0 Å². The van der Waals surface area contributed by atoms with Gasteiger partial charge < -0.3 is 15.2 Å². The predicted molar refractivity (Wildman–Crippen MR) is 81.0 cm³/mol. The molecule has 0 saturated heterocycles. The summed E-state index contributed by atoms with van der Waals surface area (Å²) in [5.74, 6) is 0.806. The number of aliphatic hydroxyl groups is 1. The molecule has 2 aromatic rings. The summed E-state index contributed by atoms with van der Waals surface area (Å²) in [5, 5.41) is 12.9. The highest BCUT2D eigenvalue weighted by molar-refractivity contribution is 6.30. The lowest BCUT2D eigenvalue weighted by molar-refractivity contribution is 0.200. The van der Waals surface area contributed by atoms with Crippen molar-refractivity contribution in [2.45, 2.75) is 13.1 Å². The highest BCUT2D eigenvalue weighted by Crippen LogP contribution is 2.18. The molecule has 0 unspecified atom stereocenters. The van der Waals surface area contributed by atoms with Gasteiger partial charge in [0.25, 0.3) is 0 Å². The molecule has 0 aromatic heterocycles. The van der Waals surface area contributed by atoms with Crippen molar-refractivity contribution in [1.82, 2.24) is 5.32 Å². The maximum Gasteiger partial charge on any atom is 0.123 e. The van der Waals surface area contributed by atoms with Gasteiger partial charge in [0.1, 0.15) is 12.4 Å². The van der Waals surface area contributed by atoms with Gasteiger partial charge in [0, 0.05) is 23.7 Å². The third-order valence-corrected chi connectivity index (χ3v) is 3.09. The first-order valence-corrected chi connectivity index (χ1v) is 6.94. The number of hydrogen-bond acceptors (Lipinski definition) is 3. The lowest BCUT2D eigenvalue weighted by Gasteiger charge is -2.11. The Bertz CT molecular complexity index is 546. The molecule has 106 valence electrons. The van der Waals surface area contributed by atoms with Gasteiger partial charge in [-0.05, 0) is 23.8 Å². The van der Waals surface area contributed by atoms with Crippen LogP contribution in [0.3, 0.4) is 0 Å². The number of nitrogens with one attached hydrogen (secondary N) is 1. The molecule has 4 heteroatoms. The van der Waals surface area contributed by atoms with E-state index < -0.39 is 0 Å². The number of para-hydroxylation sites is 1. The summed E-state index contributed by atoms with van der Waals surface area (Å²) in [7, 11) is 0. The molecule has 0 aliphatic heterocycles. The molecule has 0 heterocycles. The fourth-order valence-electron chi connectivity index (χ4n) is 1.93. The molecule has 0 fully saturated rings. The predicted octanol–water partition coefficient (Wildman–Crippen LogP) is 3.00. The molecule has 0 atom stereocenters. The quantitative estimate of drug-likeness (QED) is 0.824. The molecule has 0 saturated carbocycles. The van der Waals surface area contributed by atoms with Crippen molar-refractivity contribution in [3.05, 3.63) is 64.7 Å². The van der Waals surface area contributed by atoms with Crippen LogP contribution in [0.4, 0.5) is 0 Å². The molecule has 2 rings (SSSR count). The second kappa shape index (κ2) is 7.90. The summed E-state index contributed by atoms with van der Waals surface area (Å²) in [6, 6.07) is 15.6. The normalized spacial score (nSPS) is 10.5. The highest BCUT2D eigenvalue weighted by atomic mass is 35.5. The van der Waals surface area contributed by atoms with Crippen molar-refractivity contribution in [1.29, 1.82) is 0 Å². The van der Waals surface area contributed by atoms with Gasteiger partial charge in [-0.1, -0.05) is 41.9 Å². The second-order valence-electron chi connectivity index (χ2n) is 4.41. The molecule has 0 amide bonds. The summed E-state index contributed by atoms with van der Waals surface area (Å²) < 4.78 is 5.50. The van der Waals surface area contributed by atoms with Crippen LogP contribution in [0.25, 0.3) is 0 Å². The van der Waals surface area contributed by atoms with Crippen molar-refractivity contribution < 1.29 is 9.84 Å². The van der Waals surface area contributed by atoms with Crippen LogP contribution in [0.5, 0.6) is 5.75 Å². The zero-order valence-corrected chi connectivity index (χ0v) is 11.9. The zero-order valence-electron chi connectivity index (χ0n) is 11.2. The monoisotopic (exact) mass is 291 g/mol. The number of ether oxygens (including phenoxy) is 1. The number of rotatable bonds is 7. The third kappa shape index (κ3) is 4.53. The van der Waals surface area contributed by atoms with Gasteiger partial charge in [0.15, 0.2) is 0 Å². The molecule has 0 aliphatic rings. The van der Waals surface area contributed by atoms with E-state index in [2.05, 4.69) is 5.32 Å². The minimum Gasteiger partial charge on any atom is -0.491 e. The first-order valence-electron chi connectivity index (χ1n) is 6.56. The lowest BCUT2D eigenvalue weighted by Crippen LogP contribution is -2.14. The van der Waals surface area contributed by atoms with Crippen LogP contribution in [0.15, 0.2) is 48.5 Å². The number of hydrogen-bond donors (Lipinski definition) is 2. The topological polar surface area (TPSA) is 41.5 Å². The Morgan fingerprint density at radius 1 is 1.05 bits per heavy atom. The number of aliphatic hydroxyl groups excluding tert-OH is 1. The Morgan fingerprint density at radius 2 is 1.90 bits per heavy atom. The van der Waals surface area contributed by atoms with Crippen LogP contribution >= 0.6 is 11.6 Å². The van der Waals surface area contributed by atoms with Crippen molar-refractivity contribution >= 4 is 11.6 Å². The molecule has 2 N–H and O–H groups in total. The minimum atomic E-state index is 0.0181. The van der Waals surface area contributed by atoms with Crippen LogP contribution in [-0.2, 0) is 13.1 Å². The highest BCUT2D eigenvalue weighted by Gasteiger charge is 2.02. The molecular formula is C16H18ClNO2. The van der Waals surface area contributed by atoms with E-state index in [9.17, 15) is 0 Å². The fraction of sp³-hybridized carbons (Fsp3) is 0.250. The largest absolute Gasteiger partial charge is 0.491 e. The molecule has 0 aliphatic carbocycles. The van der Waals surface area contributed by atoms with E-state index in [1.807, 2.05) is 48.5 Å². The number of halogens is 1. The average molecular weight is 292 g/mol. The van der Waals surface area contributed by atoms with E-state index in [1.165, 1.54) is 0 Å². The van der Waals surface area contributed by atoms with E-state index in [0.29, 0.717) is 13.2 Å². The van der Waals surface area contributed by atoms with E-state index in [-0.39, 0.29) is 6.61 Å². The Morgan fingerprint density at radius 3 is 2.70 bits per heavy atom. The molecule has 20 heavy (non-hydrogen) atoms. The van der Waals surface area contributed by atoms with Crippen LogP contribution in [-0.4, -0.2) is 18.3 Å². The van der Waals surface area contributed by atoms with Gasteiger partial charge in [0.2, 0.25) is 0 Å². The zero-order chi connectivity index (χ0) is 14.2. The smallest absolute Gasteiger partial charge is 0.123 e. The standard InChI is InChI=1S/C16H18ClNO2/c17-15-6-3-4-13(10-15)11-18-12-14-5-1-2-7-16(14)20-9-8-19/h1-7,10,18-19H,8-9,11-12H2. The average Bonchev–Trinajstić information content (AvgIpc) is 2.46. The summed E-state index contributed by atoms with van der Waals surface area (Å²) in [4.78, 5) is 0. The van der Waals surface area contributed by atoms with Gasteiger partial charge >= 0.3 is 0 Å². The van der Waals surface area contributed by atoms with Crippen LogP contribution < -0.4 is 10.1 Å². The fourth-order valence-corrected chi connectivity index (χ4v) is 2.15. The van der Waals surface area contributed by atoms with Gasteiger partial charge in [-0.2, -0.15) is 0 Å². The van der Waals surface area contributed by atoms with Crippen molar-refractivity contribution in [2.75, 3.05) is 13.2 Å². The third-order valence-electron chi connectivity index (χ3n) is 2.86. The van der Waals surface area contributed by atoms with Crippen molar-refractivity contribution in [2.24, 2.45) is 0 Å². The van der Waals surface area contributed by atoms with Crippen LogP contribution in [0, 0.1) is 0 Å². The Hall–Kier alpha value is -1.55. The van der Waals surface area contributed by atoms with Crippen molar-refractivity contribution in [3.8, 4) is 5.75 Å². The summed E-state index contributed by atoms with van der Waals surface area (Å²) >= 11 is 5.95. The molecule has 0 radical (unpaired) electrons. The Balaban J connectivity index is 1.90. The molecular weight excluding hydrogens is 274 g/mol. The Kier molecular flexibility index (Phi) is 5.87.